The van der Waals surface area contributed by atoms with Crippen molar-refractivity contribution in [3.8, 4) is 0 Å². The number of hydrogen-bond acceptors (Lipinski definition) is 3. The molecule has 0 aromatic heterocycles. The van der Waals surface area contributed by atoms with Crippen LogP contribution >= 0.6 is 0 Å². The molecule has 1 aromatic rings. The fourth-order valence-electron chi connectivity index (χ4n) is 1.39. The second kappa shape index (κ2) is 4.53. The molecule has 0 radical (unpaired) electrons. The van der Waals surface area contributed by atoms with Crippen molar-refractivity contribution in [1.82, 2.24) is 5.01 Å². The van der Waals surface area contributed by atoms with Gasteiger partial charge in [-0.3, -0.25) is 5.84 Å². The molecule has 1 rings (SSSR count). The first-order chi connectivity index (χ1) is 6.98. The summed E-state index contributed by atoms with van der Waals surface area (Å²) in [6.07, 6.45) is 1.39. The van der Waals surface area contributed by atoms with E-state index in [-0.39, 0.29) is 12.4 Å². The van der Waals surface area contributed by atoms with Gasteiger partial charge in [0.25, 0.3) is 0 Å². The minimum absolute atomic E-state index is 0.197. The van der Waals surface area contributed by atoms with E-state index >= 15 is 0 Å². The number of aliphatic hydroxyl groups is 1. The highest BCUT2D eigenvalue weighted by Gasteiger charge is 2.26. The average Bonchev–Trinajstić information content (AvgIpc) is 2.17. The van der Waals surface area contributed by atoms with E-state index in [1.807, 2.05) is 0 Å². The topological polar surface area (TPSA) is 49.5 Å². The van der Waals surface area contributed by atoms with Crippen LogP contribution in [0.15, 0.2) is 36.9 Å². The Morgan fingerprint density at radius 3 is 2.47 bits per heavy atom. The number of hydrogen-bond donors (Lipinski definition) is 2. The van der Waals surface area contributed by atoms with E-state index in [0.29, 0.717) is 5.56 Å². The third-order valence-electron chi connectivity index (χ3n) is 2.17. The van der Waals surface area contributed by atoms with Crippen LogP contribution in [0.3, 0.4) is 0 Å². The van der Waals surface area contributed by atoms with Gasteiger partial charge in [-0.05, 0) is 17.7 Å². The second-order valence-electron chi connectivity index (χ2n) is 3.55. The molecule has 1 unspecified atom stereocenters. The molecule has 0 aliphatic rings. The van der Waals surface area contributed by atoms with E-state index in [9.17, 15) is 9.50 Å². The summed E-state index contributed by atoms with van der Waals surface area (Å²) in [5.41, 5.74) is -0.687. The van der Waals surface area contributed by atoms with Crippen molar-refractivity contribution < 1.29 is 9.50 Å². The van der Waals surface area contributed by atoms with Gasteiger partial charge in [0.1, 0.15) is 11.4 Å². The smallest absolute Gasteiger partial charge is 0.123 e. The number of hydrazine groups is 1. The molecule has 0 bridgehead atoms. The zero-order valence-electron chi connectivity index (χ0n) is 8.65. The van der Waals surface area contributed by atoms with Gasteiger partial charge in [0.15, 0.2) is 0 Å². The van der Waals surface area contributed by atoms with Crippen LogP contribution in [0.5, 0.6) is 0 Å². The Balaban J connectivity index is 3.00. The van der Waals surface area contributed by atoms with Crippen LogP contribution in [-0.4, -0.2) is 23.7 Å². The molecule has 1 aromatic carbocycles. The Bertz CT molecular complexity index is 337. The maximum atomic E-state index is 12.7. The lowest BCUT2D eigenvalue weighted by molar-refractivity contribution is 0.0517. The summed E-state index contributed by atoms with van der Waals surface area (Å²) in [4.78, 5) is 0. The SMILES string of the molecule is C=CC(O)(CN(C)N)c1ccc(F)cc1. The number of halogens is 1. The van der Waals surface area contributed by atoms with Crippen molar-refractivity contribution in [2.24, 2.45) is 5.84 Å². The summed E-state index contributed by atoms with van der Waals surface area (Å²) in [7, 11) is 1.64. The van der Waals surface area contributed by atoms with Crippen LogP contribution in [0.25, 0.3) is 0 Å². The van der Waals surface area contributed by atoms with Crippen molar-refractivity contribution in [1.29, 1.82) is 0 Å². The predicted molar refractivity (Wildman–Crippen MR) is 57.3 cm³/mol. The highest BCUT2D eigenvalue weighted by Crippen LogP contribution is 2.22. The molecule has 3 N–H and O–H groups in total. The summed E-state index contributed by atoms with van der Waals surface area (Å²) in [6.45, 7) is 3.76. The molecule has 4 heteroatoms. The third-order valence-corrected chi connectivity index (χ3v) is 2.17. The van der Waals surface area contributed by atoms with Gasteiger partial charge in [-0.15, -0.1) is 0 Å². The molecule has 15 heavy (non-hydrogen) atoms. The van der Waals surface area contributed by atoms with E-state index in [0.717, 1.165) is 0 Å². The summed E-state index contributed by atoms with van der Waals surface area (Å²) in [5.74, 6) is 5.13. The molecule has 0 saturated heterocycles. The minimum Gasteiger partial charge on any atom is -0.380 e. The largest absolute Gasteiger partial charge is 0.380 e. The molecule has 0 spiro atoms. The van der Waals surface area contributed by atoms with Gasteiger partial charge >= 0.3 is 0 Å². The fourth-order valence-corrected chi connectivity index (χ4v) is 1.39. The highest BCUT2D eigenvalue weighted by molar-refractivity contribution is 5.27. The van der Waals surface area contributed by atoms with Gasteiger partial charge in [-0.1, -0.05) is 24.8 Å². The first-order valence-corrected chi connectivity index (χ1v) is 4.56. The van der Waals surface area contributed by atoms with Crippen LogP contribution in [0.1, 0.15) is 5.56 Å². The first kappa shape index (κ1) is 11.8. The average molecular weight is 210 g/mol. The van der Waals surface area contributed by atoms with Gasteiger partial charge in [0.05, 0.1) is 0 Å². The quantitative estimate of drug-likeness (QED) is 0.443. The Labute approximate surface area is 88.6 Å². The molecule has 0 aliphatic heterocycles. The number of nitrogens with two attached hydrogens (primary N) is 1. The van der Waals surface area contributed by atoms with Crippen LogP contribution in [0.2, 0.25) is 0 Å². The zero-order chi connectivity index (χ0) is 11.5. The summed E-state index contributed by atoms with van der Waals surface area (Å²) >= 11 is 0. The maximum absolute atomic E-state index is 12.7. The normalized spacial score (nSPS) is 15.0. The molecule has 82 valence electrons. The van der Waals surface area contributed by atoms with Crippen molar-refractivity contribution in [2.75, 3.05) is 13.6 Å². The minimum atomic E-state index is -1.25. The third kappa shape index (κ3) is 2.86. The van der Waals surface area contributed by atoms with Crippen LogP contribution < -0.4 is 5.84 Å². The summed E-state index contributed by atoms with van der Waals surface area (Å²) < 4.78 is 12.7. The highest BCUT2D eigenvalue weighted by atomic mass is 19.1. The van der Waals surface area contributed by atoms with Crippen molar-refractivity contribution in [2.45, 2.75) is 5.60 Å². The Kier molecular flexibility index (Phi) is 3.57. The number of nitrogens with zero attached hydrogens (tertiary/aromatic N) is 1. The predicted octanol–water partition coefficient (Wildman–Crippen LogP) is 1.00. The van der Waals surface area contributed by atoms with Crippen LogP contribution in [0.4, 0.5) is 4.39 Å². The molecule has 0 amide bonds. The molecule has 0 fully saturated rings. The summed E-state index contributed by atoms with van der Waals surface area (Å²) in [5, 5.41) is 11.5. The molecule has 3 nitrogen and oxygen atoms in total. The maximum Gasteiger partial charge on any atom is 0.123 e. The van der Waals surface area contributed by atoms with Crippen LogP contribution in [-0.2, 0) is 5.60 Å². The van der Waals surface area contributed by atoms with Crippen molar-refractivity contribution in [3.05, 3.63) is 48.3 Å². The van der Waals surface area contributed by atoms with E-state index in [1.54, 1.807) is 7.05 Å². The van der Waals surface area contributed by atoms with Gasteiger partial charge in [0.2, 0.25) is 0 Å². The van der Waals surface area contributed by atoms with E-state index < -0.39 is 5.60 Å². The molecular weight excluding hydrogens is 195 g/mol. The molecule has 0 saturated carbocycles. The molecular formula is C11H15FN2O. The van der Waals surface area contributed by atoms with Crippen molar-refractivity contribution >= 4 is 0 Å². The zero-order valence-corrected chi connectivity index (χ0v) is 8.65. The van der Waals surface area contributed by atoms with E-state index in [4.69, 9.17) is 5.84 Å². The monoisotopic (exact) mass is 210 g/mol. The Morgan fingerprint density at radius 2 is 2.07 bits per heavy atom. The van der Waals surface area contributed by atoms with E-state index in [2.05, 4.69) is 6.58 Å². The Hall–Kier alpha value is -1.23. The molecule has 0 aliphatic carbocycles. The van der Waals surface area contributed by atoms with Crippen molar-refractivity contribution in [3.63, 3.8) is 0 Å². The van der Waals surface area contributed by atoms with Gasteiger partial charge in [-0.2, -0.15) is 0 Å². The van der Waals surface area contributed by atoms with Gasteiger partial charge < -0.3 is 5.11 Å². The standard InChI is InChI=1S/C11H15FN2O/c1-3-11(15,8-14(2)13)9-4-6-10(12)7-5-9/h3-7,15H,1,8,13H2,2H3. The molecule has 0 heterocycles. The lowest BCUT2D eigenvalue weighted by Gasteiger charge is -2.27. The number of likely N-dealkylation sites (N-methyl/N-ethyl adjacent to an activating group) is 1. The lowest BCUT2D eigenvalue weighted by Crippen LogP contribution is -2.41. The Morgan fingerprint density at radius 1 is 1.53 bits per heavy atom. The van der Waals surface area contributed by atoms with E-state index in [1.165, 1.54) is 35.4 Å². The van der Waals surface area contributed by atoms with Gasteiger partial charge in [0, 0.05) is 13.6 Å². The number of benzene rings is 1. The second-order valence-corrected chi connectivity index (χ2v) is 3.55. The first-order valence-electron chi connectivity index (χ1n) is 4.56. The fraction of sp³-hybridized carbons (Fsp3) is 0.273. The van der Waals surface area contributed by atoms with Gasteiger partial charge in [-0.25, -0.2) is 9.40 Å². The number of rotatable bonds is 4. The lowest BCUT2D eigenvalue weighted by atomic mass is 9.94. The molecule has 1 atom stereocenters. The van der Waals surface area contributed by atoms with Crippen LogP contribution in [0, 0.1) is 5.82 Å². The summed E-state index contributed by atoms with van der Waals surface area (Å²) in [6, 6.07) is 5.61.